The van der Waals surface area contributed by atoms with Crippen LogP contribution in [0.2, 0.25) is 0 Å². The van der Waals surface area contributed by atoms with Crippen LogP contribution in [0.25, 0.3) is 0 Å². The van der Waals surface area contributed by atoms with Gasteiger partial charge in [-0.1, -0.05) is 6.92 Å². The molecule has 0 unspecified atom stereocenters. The van der Waals surface area contributed by atoms with Gasteiger partial charge >= 0.3 is 0 Å². The fraction of sp³-hybridized carbons (Fsp3) is 0.391. The van der Waals surface area contributed by atoms with Gasteiger partial charge in [0.25, 0.3) is 0 Å². The van der Waals surface area contributed by atoms with Crippen LogP contribution in [-0.4, -0.2) is 49.3 Å². The fourth-order valence-corrected chi connectivity index (χ4v) is 3.53. The number of rotatable bonds is 8. The first-order valence-corrected chi connectivity index (χ1v) is 10.2. The molecule has 1 amide bonds. The van der Waals surface area contributed by atoms with Crippen LogP contribution in [0.4, 0.5) is 15.8 Å². The highest BCUT2D eigenvalue weighted by molar-refractivity contribution is 6.00. The Bertz CT molecular complexity index is 813. The van der Waals surface area contributed by atoms with Crippen molar-refractivity contribution < 1.29 is 14.0 Å². The lowest BCUT2D eigenvalue weighted by atomic mass is 10.1. The molecule has 0 aliphatic carbocycles. The van der Waals surface area contributed by atoms with E-state index in [2.05, 4.69) is 22.0 Å². The lowest BCUT2D eigenvalue weighted by Gasteiger charge is -2.36. The maximum absolute atomic E-state index is 12.9. The molecular weight excluding hydrogens is 369 g/mol. The summed E-state index contributed by atoms with van der Waals surface area (Å²) < 4.78 is 12.9. The molecule has 5 nitrogen and oxygen atoms in total. The van der Waals surface area contributed by atoms with Crippen molar-refractivity contribution in [3.05, 3.63) is 59.9 Å². The third kappa shape index (κ3) is 6.12. The Labute approximate surface area is 171 Å². The van der Waals surface area contributed by atoms with Gasteiger partial charge in [0.2, 0.25) is 5.91 Å². The van der Waals surface area contributed by atoms with Gasteiger partial charge < -0.3 is 10.2 Å². The Hall–Kier alpha value is -2.73. The third-order valence-corrected chi connectivity index (χ3v) is 5.17. The minimum atomic E-state index is -0.384. The van der Waals surface area contributed by atoms with Crippen molar-refractivity contribution in [3.63, 3.8) is 0 Å². The standard InChI is InChI=1S/C23H28FN3O2/c1-2-13-26-14-16-27(17-15-26)21-9-7-20(8-10-21)25-23(29)12-11-22(28)18-3-5-19(24)6-4-18/h3-10H,2,11-17H2,1H3,(H,25,29). The largest absolute Gasteiger partial charge is 0.369 e. The minimum absolute atomic E-state index is 0.0946. The van der Waals surface area contributed by atoms with Crippen LogP contribution in [-0.2, 0) is 4.79 Å². The summed E-state index contributed by atoms with van der Waals surface area (Å²) in [6.07, 6.45) is 1.37. The maximum Gasteiger partial charge on any atom is 0.224 e. The minimum Gasteiger partial charge on any atom is -0.369 e. The van der Waals surface area contributed by atoms with Crippen LogP contribution in [0.5, 0.6) is 0 Å². The lowest BCUT2D eigenvalue weighted by Crippen LogP contribution is -2.46. The second-order valence-corrected chi connectivity index (χ2v) is 7.35. The molecule has 1 aliphatic heterocycles. The van der Waals surface area contributed by atoms with Gasteiger partial charge in [-0.2, -0.15) is 0 Å². The first-order valence-electron chi connectivity index (χ1n) is 10.2. The number of benzene rings is 2. The van der Waals surface area contributed by atoms with Gasteiger partial charge in [-0.25, -0.2) is 4.39 Å². The lowest BCUT2D eigenvalue weighted by molar-refractivity contribution is -0.116. The van der Waals surface area contributed by atoms with E-state index in [0.29, 0.717) is 5.56 Å². The van der Waals surface area contributed by atoms with Crippen molar-refractivity contribution in [2.75, 3.05) is 42.9 Å². The topological polar surface area (TPSA) is 52.6 Å². The number of ketones is 1. The summed E-state index contributed by atoms with van der Waals surface area (Å²) in [7, 11) is 0. The van der Waals surface area contributed by atoms with Crippen molar-refractivity contribution in [1.29, 1.82) is 0 Å². The highest BCUT2D eigenvalue weighted by Crippen LogP contribution is 2.20. The van der Waals surface area contributed by atoms with Crippen LogP contribution >= 0.6 is 0 Å². The summed E-state index contributed by atoms with van der Waals surface area (Å²) in [6, 6.07) is 13.2. The van der Waals surface area contributed by atoms with Crippen LogP contribution in [0.1, 0.15) is 36.5 Å². The second kappa shape index (κ2) is 10.2. The summed E-state index contributed by atoms with van der Waals surface area (Å²) in [5.41, 5.74) is 2.30. The van der Waals surface area contributed by atoms with Crippen LogP contribution in [0.15, 0.2) is 48.5 Å². The number of nitrogens with zero attached hydrogens (tertiary/aromatic N) is 2. The molecule has 2 aromatic carbocycles. The molecule has 0 aromatic heterocycles. The molecule has 0 spiro atoms. The van der Waals surface area contributed by atoms with E-state index in [4.69, 9.17) is 0 Å². The Morgan fingerprint density at radius 2 is 1.59 bits per heavy atom. The zero-order valence-corrected chi connectivity index (χ0v) is 16.9. The number of nitrogens with one attached hydrogen (secondary N) is 1. The highest BCUT2D eigenvalue weighted by atomic mass is 19.1. The van der Waals surface area contributed by atoms with E-state index in [-0.39, 0.29) is 30.3 Å². The number of carbonyl (C=O) groups excluding carboxylic acids is 2. The first-order chi connectivity index (χ1) is 14.0. The van der Waals surface area contributed by atoms with Crippen LogP contribution in [0, 0.1) is 5.82 Å². The number of anilines is 2. The zero-order valence-electron chi connectivity index (χ0n) is 16.9. The molecule has 1 N–H and O–H groups in total. The van der Waals surface area contributed by atoms with Gasteiger partial charge in [0.15, 0.2) is 5.78 Å². The van der Waals surface area contributed by atoms with E-state index in [0.717, 1.165) is 44.1 Å². The molecule has 6 heteroatoms. The molecule has 1 heterocycles. The normalized spacial score (nSPS) is 14.6. The fourth-order valence-electron chi connectivity index (χ4n) is 3.53. The maximum atomic E-state index is 12.9. The average Bonchev–Trinajstić information content (AvgIpc) is 2.74. The SMILES string of the molecule is CCCN1CCN(c2ccc(NC(=O)CCC(=O)c3ccc(F)cc3)cc2)CC1. The summed E-state index contributed by atoms with van der Waals surface area (Å²) in [5, 5.41) is 2.83. The van der Waals surface area contributed by atoms with Gasteiger partial charge in [-0.15, -0.1) is 0 Å². The van der Waals surface area contributed by atoms with Crippen molar-refractivity contribution >= 4 is 23.1 Å². The van der Waals surface area contributed by atoms with Crippen molar-refractivity contribution in [2.45, 2.75) is 26.2 Å². The first kappa shape index (κ1) is 21.0. The number of hydrogen-bond acceptors (Lipinski definition) is 4. The number of carbonyl (C=O) groups is 2. The summed E-state index contributed by atoms with van der Waals surface area (Å²) >= 11 is 0. The van der Waals surface area contributed by atoms with Crippen molar-refractivity contribution in [2.24, 2.45) is 0 Å². The van der Waals surface area contributed by atoms with Gasteiger partial charge in [-0.3, -0.25) is 14.5 Å². The second-order valence-electron chi connectivity index (χ2n) is 7.35. The Kier molecular flexibility index (Phi) is 7.36. The highest BCUT2D eigenvalue weighted by Gasteiger charge is 2.16. The molecule has 0 bridgehead atoms. The van der Waals surface area contributed by atoms with E-state index >= 15 is 0 Å². The smallest absolute Gasteiger partial charge is 0.224 e. The van der Waals surface area contributed by atoms with E-state index in [1.54, 1.807) is 0 Å². The van der Waals surface area contributed by atoms with Crippen LogP contribution < -0.4 is 10.2 Å². The molecule has 2 aromatic rings. The molecule has 29 heavy (non-hydrogen) atoms. The Balaban J connectivity index is 1.45. The molecule has 1 aliphatic rings. The van der Waals surface area contributed by atoms with Crippen LogP contribution in [0.3, 0.4) is 0 Å². The average molecular weight is 397 g/mol. The number of piperazine rings is 1. The number of Topliss-reactive ketones (excluding diaryl/α,β-unsaturated/α-hetero) is 1. The monoisotopic (exact) mass is 397 g/mol. The Morgan fingerprint density at radius 1 is 0.931 bits per heavy atom. The van der Waals surface area contributed by atoms with Gasteiger partial charge in [0.05, 0.1) is 0 Å². The molecule has 0 atom stereocenters. The molecule has 3 rings (SSSR count). The van der Waals surface area contributed by atoms with E-state index in [9.17, 15) is 14.0 Å². The molecular formula is C23H28FN3O2. The number of halogens is 1. The summed E-state index contributed by atoms with van der Waals surface area (Å²) in [6.45, 7) is 7.54. The quantitative estimate of drug-likeness (QED) is 0.685. The van der Waals surface area contributed by atoms with E-state index in [1.807, 2.05) is 24.3 Å². The predicted octanol–water partition coefficient (Wildman–Crippen LogP) is 3.96. The number of amides is 1. The molecule has 1 fully saturated rings. The molecule has 0 radical (unpaired) electrons. The van der Waals surface area contributed by atoms with E-state index < -0.39 is 0 Å². The van der Waals surface area contributed by atoms with Gasteiger partial charge in [0.1, 0.15) is 5.82 Å². The van der Waals surface area contributed by atoms with Gasteiger partial charge in [-0.05, 0) is 61.5 Å². The Morgan fingerprint density at radius 3 is 2.21 bits per heavy atom. The molecule has 1 saturated heterocycles. The molecule has 0 saturated carbocycles. The van der Waals surface area contributed by atoms with Crippen molar-refractivity contribution in [3.8, 4) is 0 Å². The summed E-state index contributed by atoms with van der Waals surface area (Å²) in [5.74, 6) is -0.760. The van der Waals surface area contributed by atoms with E-state index in [1.165, 1.54) is 30.7 Å². The summed E-state index contributed by atoms with van der Waals surface area (Å²) in [4.78, 5) is 29.1. The van der Waals surface area contributed by atoms with Gasteiger partial charge in [0, 0.05) is 56.0 Å². The van der Waals surface area contributed by atoms with Crippen molar-refractivity contribution in [1.82, 2.24) is 4.90 Å². The predicted molar refractivity (Wildman–Crippen MR) is 114 cm³/mol. The molecule has 154 valence electrons. The zero-order chi connectivity index (χ0) is 20.6. The number of hydrogen-bond donors (Lipinski definition) is 1. The third-order valence-electron chi connectivity index (χ3n) is 5.17.